The summed E-state index contributed by atoms with van der Waals surface area (Å²) >= 11 is 0. The number of nitrogens with one attached hydrogen (secondary N) is 4. The van der Waals surface area contributed by atoms with Gasteiger partial charge in [0.05, 0.1) is 28.7 Å². The molecule has 0 fully saturated rings. The summed E-state index contributed by atoms with van der Waals surface area (Å²) in [7, 11) is 5.12. The highest BCUT2D eigenvalue weighted by molar-refractivity contribution is 6.01. The maximum atomic E-state index is 14.8. The van der Waals surface area contributed by atoms with Crippen LogP contribution in [0.15, 0.2) is 72.8 Å². The molecule has 1 aliphatic rings. The second-order valence-corrected chi connectivity index (χ2v) is 18.0. The molecule has 18 nitrogen and oxygen atoms in total. The predicted octanol–water partition coefficient (Wildman–Crippen LogP) is 3.19. The van der Waals surface area contributed by atoms with Crippen LogP contribution in [0.4, 0.5) is 5.69 Å². The maximum Gasteiger partial charge on any atom is 0.253 e. The largest absolute Gasteiger partial charge is 0.492 e. The first-order valence-electron chi connectivity index (χ1n) is 22.9. The van der Waals surface area contributed by atoms with Crippen LogP contribution < -0.4 is 52.8 Å². The zero-order valence-corrected chi connectivity index (χ0v) is 41.3. The van der Waals surface area contributed by atoms with Gasteiger partial charge in [-0.25, -0.2) is 0 Å². The van der Waals surface area contributed by atoms with Gasteiger partial charge in [0, 0.05) is 51.8 Å². The summed E-state index contributed by atoms with van der Waals surface area (Å²) < 4.78 is 12.2. The number of benzene rings is 2. The van der Waals surface area contributed by atoms with Crippen LogP contribution in [0.25, 0.3) is 16.7 Å². The molecule has 0 spiro atoms. The van der Waals surface area contributed by atoms with Crippen LogP contribution in [0.2, 0.25) is 0 Å². The van der Waals surface area contributed by atoms with Gasteiger partial charge in [-0.05, 0) is 91.8 Å². The fourth-order valence-corrected chi connectivity index (χ4v) is 7.74. The molecule has 0 unspecified atom stereocenters. The predicted molar refractivity (Wildman–Crippen MR) is 268 cm³/mol. The number of allylic oxidation sites excluding steroid dienone is 5. The van der Waals surface area contributed by atoms with Gasteiger partial charge < -0.3 is 57.7 Å². The third-order valence-electron chi connectivity index (χ3n) is 11.5. The Labute approximate surface area is 405 Å². The lowest BCUT2D eigenvalue weighted by Crippen LogP contribution is -2.56. The van der Waals surface area contributed by atoms with Gasteiger partial charge in [-0.2, -0.15) is 5.26 Å². The summed E-state index contributed by atoms with van der Waals surface area (Å²) in [6.45, 7) is 15.7. The summed E-state index contributed by atoms with van der Waals surface area (Å²) in [6, 6.07) is 8.77. The standard InChI is InChI=1S/C51H69N11O7/c1-11-35(51(5,6)7)15-12-30(2)44-41(61(8)9)29-36(31(3)57-44)47(64)59-39(18-19-52)50(67)62(10)45-34-14-17-43(69-25-22-55)38(28-34)37-26-33(13-16-42(37)68-24-21-54)27-40(48(65)56-23-20-53)60-46(63)32(4)58-49(45)66/h11-17,26,28-29,32,39-40,45H,1,18-19,21-25,27,52,54-55H2,2-10H3,(H,56,65)(H,58,66)(H,59,64)(H,60,63)/b30-12+,35-15+/t32-,39-,40-,45-/m0/s1. The third-order valence-corrected chi connectivity index (χ3v) is 11.5. The van der Waals surface area contributed by atoms with E-state index in [1.807, 2.05) is 50.2 Å². The minimum Gasteiger partial charge on any atom is -0.492 e. The molecule has 5 amide bonds. The molecular formula is C51H69N11O7. The molecule has 1 aromatic heterocycles. The fraction of sp³-hybridized carbons (Fsp3) is 0.431. The van der Waals surface area contributed by atoms with E-state index >= 15 is 0 Å². The number of aryl methyl sites for hydroxylation is 1. The number of carbonyl (C=O) groups is 5. The molecule has 4 rings (SSSR count). The fourth-order valence-electron chi connectivity index (χ4n) is 7.74. The molecule has 370 valence electrons. The Morgan fingerprint density at radius 3 is 2.17 bits per heavy atom. The van der Waals surface area contributed by atoms with Crippen molar-refractivity contribution in [3.8, 4) is 28.7 Å². The van der Waals surface area contributed by atoms with Crippen LogP contribution >= 0.6 is 0 Å². The molecule has 10 N–H and O–H groups in total. The second-order valence-electron chi connectivity index (χ2n) is 18.0. The first-order valence-corrected chi connectivity index (χ1v) is 22.9. The molecule has 69 heavy (non-hydrogen) atoms. The number of hydrogen-bond donors (Lipinski definition) is 7. The Bertz CT molecular complexity index is 2490. The van der Waals surface area contributed by atoms with Gasteiger partial charge in [0.25, 0.3) is 5.91 Å². The number of nitrogens with zero attached hydrogens (tertiary/aromatic N) is 4. The number of nitriles is 1. The van der Waals surface area contributed by atoms with Crippen molar-refractivity contribution >= 4 is 40.8 Å². The highest BCUT2D eigenvalue weighted by atomic mass is 16.5. The van der Waals surface area contributed by atoms with E-state index in [9.17, 15) is 29.2 Å². The Hall–Kier alpha value is -7.07. The van der Waals surface area contributed by atoms with E-state index in [2.05, 4.69) is 48.6 Å². The van der Waals surface area contributed by atoms with Crippen molar-refractivity contribution in [3.05, 3.63) is 101 Å². The van der Waals surface area contributed by atoms with Crippen LogP contribution in [0.1, 0.15) is 80.0 Å². The minimum atomic E-state index is -1.41. The number of anilines is 1. The number of fused-ring (bicyclic) bond motifs is 5. The highest BCUT2D eigenvalue weighted by Crippen LogP contribution is 2.40. The van der Waals surface area contributed by atoms with Crippen LogP contribution in [0, 0.1) is 23.7 Å². The number of aromatic nitrogens is 1. The molecule has 3 aromatic rings. The van der Waals surface area contributed by atoms with Gasteiger partial charge in [0.15, 0.2) is 0 Å². The number of nitrogens with two attached hydrogens (primary N) is 3. The first kappa shape index (κ1) is 54.5. The maximum absolute atomic E-state index is 14.8. The minimum absolute atomic E-state index is 0.000363. The average molecular weight is 948 g/mol. The quantitative estimate of drug-likeness (QED) is 0.0714. The average Bonchev–Trinajstić information content (AvgIpc) is 3.30. The van der Waals surface area contributed by atoms with Crippen molar-refractivity contribution < 1.29 is 33.4 Å². The molecule has 0 saturated heterocycles. The first-order chi connectivity index (χ1) is 32.7. The molecular weight excluding hydrogens is 879 g/mol. The molecule has 0 saturated carbocycles. The highest BCUT2D eigenvalue weighted by Gasteiger charge is 2.36. The van der Waals surface area contributed by atoms with Crippen molar-refractivity contribution in [3.63, 3.8) is 0 Å². The normalized spacial score (nSPS) is 16.9. The van der Waals surface area contributed by atoms with Gasteiger partial charge in [0.2, 0.25) is 23.6 Å². The Morgan fingerprint density at radius 1 is 0.957 bits per heavy atom. The smallest absolute Gasteiger partial charge is 0.253 e. The Kier molecular flexibility index (Phi) is 19.6. The molecule has 1 aliphatic heterocycles. The van der Waals surface area contributed by atoms with Crippen molar-refractivity contribution in [2.75, 3.05) is 65.4 Å². The number of pyridine rings is 1. The van der Waals surface area contributed by atoms with Crippen LogP contribution in [-0.2, 0) is 25.6 Å². The van der Waals surface area contributed by atoms with Gasteiger partial charge >= 0.3 is 0 Å². The summed E-state index contributed by atoms with van der Waals surface area (Å²) in [5.41, 5.74) is 23.4. The van der Waals surface area contributed by atoms with E-state index in [1.54, 1.807) is 49.4 Å². The van der Waals surface area contributed by atoms with Crippen molar-refractivity contribution in [2.45, 2.75) is 78.6 Å². The molecule has 2 heterocycles. The zero-order valence-electron chi connectivity index (χ0n) is 41.3. The number of carbonyl (C=O) groups excluding carboxylic acids is 5. The molecule has 4 atom stereocenters. The lowest BCUT2D eigenvalue weighted by atomic mass is 9.86. The van der Waals surface area contributed by atoms with Crippen LogP contribution in [-0.4, -0.2) is 118 Å². The summed E-state index contributed by atoms with van der Waals surface area (Å²) in [6.07, 6.45) is 5.81. The molecule has 0 radical (unpaired) electrons. The lowest BCUT2D eigenvalue weighted by molar-refractivity contribution is -0.141. The van der Waals surface area contributed by atoms with Crippen molar-refractivity contribution in [1.82, 2.24) is 31.2 Å². The molecule has 0 aliphatic carbocycles. The van der Waals surface area contributed by atoms with Crippen LogP contribution in [0.3, 0.4) is 0 Å². The number of ether oxygens (including phenoxy) is 2. The second kappa shape index (κ2) is 24.8. The Balaban J connectivity index is 1.85. The Morgan fingerprint density at radius 2 is 1.59 bits per heavy atom. The third kappa shape index (κ3) is 14.0. The van der Waals surface area contributed by atoms with Crippen LogP contribution in [0.5, 0.6) is 11.5 Å². The summed E-state index contributed by atoms with van der Waals surface area (Å²) in [5.74, 6) is -2.55. The summed E-state index contributed by atoms with van der Waals surface area (Å²) in [4.78, 5) is 78.9. The summed E-state index contributed by atoms with van der Waals surface area (Å²) in [5, 5.41) is 20.0. The van der Waals surface area contributed by atoms with Gasteiger partial charge in [-0.15, -0.1) is 0 Å². The van der Waals surface area contributed by atoms with Crippen molar-refractivity contribution in [2.24, 2.45) is 22.6 Å². The SMILES string of the molecule is C=C/C(=C\C=C(/C)c1nc(C)c(C(=O)N[C@@H](CCN)C(=O)N(C)[C@@H]2C(=O)N[C@@H](C)C(=O)N[C@H](C(=O)NCC#N)Cc3ccc(OCCN)c(c3)-c3cc2ccc3OCCN)cc1N(C)C)C(C)(C)C. The van der Waals surface area contributed by atoms with E-state index < -0.39 is 53.7 Å². The zero-order chi connectivity index (χ0) is 51.2. The van der Waals surface area contributed by atoms with Gasteiger partial charge in [-0.1, -0.05) is 57.7 Å². The van der Waals surface area contributed by atoms with E-state index in [0.29, 0.717) is 50.8 Å². The molecule has 18 heteroatoms. The number of likely N-dealkylation sites (N-methyl/N-ethyl adjacent to an activating group) is 1. The molecule has 2 aromatic carbocycles. The van der Waals surface area contributed by atoms with E-state index in [4.69, 9.17) is 31.7 Å². The van der Waals surface area contributed by atoms with E-state index in [-0.39, 0.29) is 63.2 Å². The van der Waals surface area contributed by atoms with Gasteiger partial charge in [0.1, 0.15) is 55.4 Å². The van der Waals surface area contributed by atoms with Gasteiger partial charge in [-0.3, -0.25) is 29.0 Å². The number of rotatable bonds is 18. The monoisotopic (exact) mass is 948 g/mol. The van der Waals surface area contributed by atoms with Crippen molar-refractivity contribution in [1.29, 1.82) is 5.26 Å². The van der Waals surface area contributed by atoms with E-state index in [1.165, 1.54) is 18.9 Å². The number of hydrogen-bond acceptors (Lipinski definition) is 13. The lowest BCUT2D eigenvalue weighted by Gasteiger charge is -2.32. The molecule has 4 bridgehead atoms. The topological polar surface area (TPSA) is 273 Å². The van der Waals surface area contributed by atoms with E-state index in [0.717, 1.165) is 11.1 Å². The number of amides is 5.